The number of hydrogen-bond donors (Lipinski definition) is 1. The molecule has 29 heavy (non-hydrogen) atoms. The van der Waals surface area contributed by atoms with Crippen LogP contribution in [0, 0.1) is 0 Å². The summed E-state index contributed by atoms with van der Waals surface area (Å²) in [5, 5.41) is 3.99. The standard InChI is InChI=1S/C21H26N4O4/c1-24(28-2)21(27)18-13-17-8-4-3-7-16(17)9-5-11-29-12-6-10-25-15-22-14-19(25)20(26)23-18/h3-5,7-9,14-15,18H,6,10-13H2,1-2H3,(H,23,26)/b9-5+/t18-/m0/s1. The predicted octanol–water partition coefficient (Wildman–Crippen LogP) is 1.68. The van der Waals surface area contributed by atoms with E-state index in [1.165, 1.54) is 20.4 Å². The van der Waals surface area contributed by atoms with Gasteiger partial charge in [-0.25, -0.2) is 10.0 Å². The zero-order chi connectivity index (χ0) is 20.6. The maximum Gasteiger partial charge on any atom is 0.270 e. The Bertz CT molecular complexity index is 877. The van der Waals surface area contributed by atoms with Crippen molar-refractivity contribution in [2.75, 3.05) is 27.4 Å². The van der Waals surface area contributed by atoms with Crippen molar-refractivity contribution < 1.29 is 19.2 Å². The number of rotatable bonds is 2. The first-order chi connectivity index (χ1) is 14.1. The summed E-state index contributed by atoms with van der Waals surface area (Å²) in [6.07, 6.45) is 8.12. The molecule has 8 nitrogen and oxygen atoms in total. The number of nitrogens with one attached hydrogen (secondary N) is 1. The quantitative estimate of drug-likeness (QED) is 0.778. The van der Waals surface area contributed by atoms with E-state index in [0.29, 0.717) is 31.9 Å². The lowest BCUT2D eigenvalue weighted by Gasteiger charge is -2.23. The van der Waals surface area contributed by atoms with Gasteiger partial charge in [-0.3, -0.25) is 14.4 Å². The highest BCUT2D eigenvalue weighted by Crippen LogP contribution is 2.15. The Morgan fingerprint density at radius 3 is 3.03 bits per heavy atom. The summed E-state index contributed by atoms with van der Waals surface area (Å²) in [7, 11) is 2.94. The van der Waals surface area contributed by atoms with Crippen molar-refractivity contribution in [3.05, 3.63) is 59.7 Å². The van der Waals surface area contributed by atoms with E-state index in [4.69, 9.17) is 9.57 Å². The van der Waals surface area contributed by atoms with Crippen molar-refractivity contribution >= 4 is 17.9 Å². The number of carbonyl (C=O) groups is 2. The van der Waals surface area contributed by atoms with Gasteiger partial charge in [-0.2, -0.15) is 0 Å². The third-order valence-corrected chi connectivity index (χ3v) is 4.81. The lowest BCUT2D eigenvalue weighted by molar-refractivity contribution is -0.170. The molecule has 1 aliphatic rings. The average molecular weight is 398 g/mol. The van der Waals surface area contributed by atoms with Crippen LogP contribution in [0.4, 0.5) is 0 Å². The average Bonchev–Trinajstić information content (AvgIpc) is 3.20. The number of hydroxylamine groups is 2. The molecule has 0 spiro atoms. The second-order valence-electron chi connectivity index (χ2n) is 6.75. The van der Waals surface area contributed by atoms with Gasteiger partial charge in [0.2, 0.25) is 0 Å². The lowest BCUT2D eigenvalue weighted by atomic mass is 9.99. The van der Waals surface area contributed by atoms with Gasteiger partial charge in [0.05, 0.1) is 26.2 Å². The molecule has 0 saturated carbocycles. The molecule has 0 saturated heterocycles. The smallest absolute Gasteiger partial charge is 0.270 e. The molecule has 1 atom stereocenters. The molecule has 0 fully saturated rings. The van der Waals surface area contributed by atoms with Crippen LogP contribution >= 0.6 is 0 Å². The topological polar surface area (TPSA) is 85.7 Å². The van der Waals surface area contributed by atoms with E-state index in [9.17, 15) is 9.59 Å². The minimum Gasteiger partial charge on any atom is -0.377 e. The van der Waals surface area contributed by atoms with Crippen LogP contribution < -0.4 is 5.32 Å². The Morgan fingerprint density at radius 2 is 2.21 bits per heavy atom. The van der Waals surface area contributed by atoms with Crippen LogP contribution in [0.1, 0.15) is 28.0 Å². The number of nitrogens with zero attached hydrogens (tertiary/aromatic N) is 3. The second-order valence-corrected chi connectivity index (χ2v) is 6.75. The van der Waals surface area contributed by atoms with Crippen molar-refractivity contribution in [3.63, 3.8) is 0 Å². The number of hydrogen-bond acceptors (Lipinski definition) is 5. The molecule has 1 aliphatic heterocycles. The van der Waals surface area contributed by atoms with Gasteiger partial charge >= 0.3 is 0 Å². The van der Waals surface area contributed by atoms with Crippen LogP contribution in [0.2, 0.25) is 0 Å². The van der Waals surface area contributed by atoms with E-state index in [2.05, 4.69) is 10.3 Å². The third-order valence-electron chi connectivity index (χ3n) is 4.81. The number of ether oxygens (including phenoxy) is 1. The summed E-state index contributed by atoms with van der Waals surface area (Å²) in [6, 6.07) is 6.99. The van der Waals surface area contributed by atoms with Gasteiger partial charge in [0, 0.05) is 26.6 Å². The molecule has 0 bridgehead atoms. The van der Waals surface area contributed by atoms with Crippen LogP contribution in [-0.2, 0) is 27.3 Å². The van der Waals surface area contributed by atoms with E-state index < -0.39 is 6.04 Å². The van der Waals surface area contributed by atoms with Gasteiger partial charge in [-0.1, -0.05) is 36.4 Å². The van der Waals surface area contributed by atoms with Gasteiger partial charge in [-0.05, 0) is 17.5 Å². The minimum absolute atomic E-state index is 0.327. The van der Waals surface area contributed by atoms with Crippen LogP contribution in [0.5, 0.6) is 0 Å². The Balaban J connectivity index is 1.95. The highest BCUT2D eigenvalue weighted by Gasteiger charge is 2.27. The number of amides is 2. The number of carbonyl (C=O) groups excluding carboxylic acids is 2. The van der Waals surface area contributed by atoms with Crippen LogP contribution in [0.25, 0.3) is 6.08 Å². The normalized spacial score (nSPS) is 19.1. The van der Waals surface area contributed by atoms with Crippen molar-refractivity contribution in [1.82, 2.24) is 19.9 Å². The molecule has 0 unspecified atom stereocenters. The summed E-state index contributed by atoms with van der Waals surface area (Å²) in [4.78, 5) is 34.9. The van der Waals surface area contributed by atoms with Crippen LogP contribution in [0.15, 0.2) is 42.9 Å². The fourth-order valence-electron chi connectivity index (χ4n) is 3.20. The molecule has 1 aromatic carbocycles. The molecule has 3 rings (SSSR count). The van der Waals surface area contributed by atoms with Gasteiger partial charge in [-0.15, -0.1) is 0 Å². The van der Waals surface area contributed by atoms with Crippen molar-refractivity contribution in [3.8, 4) is 0 Å². The number of benzene rings is 1. The Hall–Kier alpha value is -2.97. The molecular weight excluding hydrogens is 372 g/mol. The zero-order valence-corrected chi connectivity index (χ0v) is 16.7. The summed E-state index contributed by atoms with van der Waals surface area (Å²) in [5.74, 6) is -0.687. The first-order valence-electron chi connectivity index (χ1n) is 9.55. The molecule has 2 aromatic rings. The predicted molar refractivity (Wildman–Crippen MR) is 108 cm³/mol. The molecule has 2 heterocycles. The molecular formula is C21H26N4O4. The summed E-state index contributed by atoms with van der Waals surface area (Å²) < 4.78 is 7.42. The summed E-state index contributed by atoms with van der Waals surface area (Å²) in [5.41, 5.74) is 2.32. The van der Waals surface area contributed by atoms with E-state index in [0.717, 1.165) is 22.6 Å². The van der Waals surface area contributed by atoms with E-state index >= 15 is 0 Å². The molecule has 0 radical (unpaired) electrons. The number of fused-ring (bicyclic) bond motifs is 2. The van der Waals surface area contributed by atoms with Gasteiger partial charge in [0.15, 0.2) is 0 Å². The largest absolute Gasteiger partial charge is 0.377 e. The third kappa shape index (κ3) is 5.30. The van der Waals surface area contributed by atoms with Gasteiger partial charge in [0.25, 0.3) is 11.8 Å². The van der Waals surface area contributed by atoms with Crippen molar-refractivity contribution in [2.45, 2.75) is 25.4 Å². The first kappa shape index (κ1) is 20.8. The summed E-state index contributed by atoms with van der Waals surface area (Å²) in [6.45, 7) is 1.67. The van der Waals surface area contributed by atoms with E-state index in [1.54, 1.807) is 10.9 Å². The SMILES string of the molecule is CON(C)C(=O)[C@@H]1Cc2ccccc2/C=C/COCCCn2cncc2C(=O)N1. The zero-order valence-electron chi connectivity index (χ0n) is 16.7. The molecule has 1 aromatic heterocycles. The molecule has 1 N–H and O–H groups in total. The van der Waals surface area contributed by atoms with E-state index in [1.807, 2.05) is 36.4 Å². The number of aromatic nitrogens is 2. The highest BCUT2D eigenvalue weighted by atomic mass is 16.7. The second kappa shape index (κ2) is 9.99. The molecule has 0 aliphatic carbocycles. The molecule has 154 valence electrons. The fraction of sp³-hybridized carbons (Fsp3) is 0.381. The lowest BCUT2D eigenvalue weighted by Crippen LogP contribution is -2.48. The monoisotopic (exact) mass is 398 g/mol. The minimum atomic E-state index is -0.785. The molecule has 8 heteroatoms. The Kier molecular flexibility index (Phi) is 7.15. The maximum absolute atomic E-state index is 12.9. The first-order valence-corrected chi connectivity index (χ1v) is 9.55. The molecule has 2 amide bonds. The summed E-state index contributed by atoms with van der Waals surface area (Å²) >= 11 is 0. The number of imidazole rings is 1. The maximum atomic E-state index is 12.9. The number of likely N-dealkylation sites (N-methyl/N-ethyl adjacent to an activating group) is 1. The van der Waals surface area contributed by atoms with E-state index in [-0.39, 0.29) is 11.8 Å². The number of aryl methyl sites for hydroxylation is 1. The van der Waals surface area contributed by atoms with Crippen molar-refractivity contribution in [2.24, 2.45) is 0 Å². The fourth-order valence-corrected chi connectivity index (χ4v) is 3.20. The van der Waals surface area contributed by atoms with Crippen LogP contribution in [-0.4, -0.2) is 59.8 Å². The van der Waals surface area contributed by atoms with Gasteiger partial charge in [0.1, 0.15) is 11.7 Å². The van der Waals surface area contributed by atoms with Gasteiger partial charge < -0.3 is 14.6 Å². The highest BCUT2D eigenvalue weighted by molar-refractivity contribution is 5.96. The van der Waals surface area contributed by atoms with Crippen LogP contribution in [0.3, 0.4) is 0 Å². The Morgan fingerprint density at radius 1 is 1.38 bits per heavy atom. The van der Waals surface area contributed by atoms with Crippen molar-refractivity contribution in [1.29, 1.82) is 0 Å². The Labute approximate surface area is 170 Å².